The summed E-state index contributed by atoms with van der Waals surface area (Å²) in [4.78, 5) is 7.11. The van der Waals surface area contributed by atoms with Gasteiger partial charge in [-0.15, -0.1) is 0 Å². The van der Waals surface area contributed by atoms with E-state index in [2.05, 4.69) is 511 Å². The maximum atomic E-state index is 6.41. The molecule has 0 saturated carbocycles. The van der Waals surface area contributed by atoms with E-state index in [1.165, 1.54) is 122 Å². The van der Waals surface area contributed by atoms with Gasteiger partial charge in [-0.1, -0.05) is 387 Å². The highest BCUT2D eigenvalue weighted by molar-refractivity contribution is 6.11. The molecule has 3 aromatic heterocycles. The first-order chi connectivity index (χ1) is 69.1. The van der Waals surface area contributed by atoms with Crippen LogP contribution >= 0.6 is 0 Å². The first-order valence-electron chi connectivity index (χ1n) is 48.8. The van der Waals surface area contributed by atoms with Crippen molar-refractivity contribution in [2.24, 2.45) is 0 Å². The third kappa shape index (κ3) is 15.1. The molecule has 0 amide bonds. The lowest BCUT2D eigenvalue weighted by atomic mass is 9.82. The summed E-state index contributed by atoms with van der Waals surface area (Å²) in [7, 11) is 0. The van der Waals surface area contributed by atoms with Crippen molar-refractivity contribution in [3.05, 3.63) is 525 Å². The molecule has 0 aliphatic heterocycles. The van der Waals surface area contributed by atoms with Crippen LogP contribution in [0.5, 0.6) is 0 Å². The van der Waals surface area contributed by atoms with Gasteiger partial charge < -0.3 is 28.0 Å². The Morgan fingerprint density at radius 2 is 0.390 bits per heavy atom. The summed E-state index contributed by atoms with van der Waals surface area (Å²) in [6.45, 7) is 14.0. The third-order valence-electron chi connectivity index (χ3n) is 29.7. The van der Waals surface area contributed by atoms with Crippen molar-refractivity contribution in [3.63, 3.8) is 0 Å². The zero-order valence-corrected chi connectivity index (χ0v) is 79.3. The minimum atomic E-state index is -0.0987. The smallest absolute Gasteiger partial charge is 0.143 e. The Labute approximate surface area is 821 Å². The lowest BCUT2D eigenvalue weighted by molar-refractivity contribution is 0.660. The molecule has 0 spiro atoms. The van der Waals surface area contributed by atoms with Gasteiger partial charge in [0, 0.05) is 111 Å². The van der Waals surface area contributed by atoms with Gasteiger partial charge in [-0.25, -0.2) is 0 Å². The highest BCUT2D eigenvalue weighted by Crippen LogP contribution is 2.56. The molecule has 0 bridgehead atoms. The summed E-state index contributed by atoms with van der Waals surface area (Å²) in [6.07, 6.45) is 0. The lowest BCUT2D eigenvalue weighted by Gasteiger charge is -2.28. The Hall–Kier alpha value is -17.6. The van der Waals surface area contributed by atoms with Crippen LogP contribution in [0.1, 0.15) is 74.9 Å². The molecule has 3 aliphatic rings. The van der Waals surface area contributed by atoms with Gasteiger partial charge in [0.15, 0.2) is 0 Å². The molecule has 24 aromatic rings. The largest absolute Gasteiger partial charge is 0.456 e. The maximum Gasteiger partial charge on any atom is 0.143 e. The molecule has 0 unspecified atom stereocenters. The summed E-state index contributed by atoms with van der Waals surface area (Å²) in [5.74, 6) is 0. The molecule has 0 saturated heterocycles. The zero-order chi connectivity index (χ0) is 94.6. The van der Waals surface area contributed by atoms with E-state index in [-0.39, 0.29) is 16.2 Å². The van der Waals surface area contributed by atoms with Gasteiger partial charge in [0.05, 0.1) is 0 Å². The fourth-order valence-electron chi connectivity index (χ4n) is 22.3. The zero-order valence-electron chi connectivity index (χ0n) is 79.3. The van der Waals surface area contributed by atoms with Crippen LogP contribution in [-0.4, -0.2) is 0 Å². The molecular formula is C135H99N3O3. The van der Waals surface area contributed by atoms with Crippen molar-refractivity contribution in [2.75, 3.05) is 14.7 Å². The first kappa shape index (κ1) is 85.1. The van der Waals surface area contributed by atoms with E-state index in [0.717, 1.165) is 128 Å². The number of nitrogens with zero attached hydrogens (tertiary/aromatic N) is 3. The lowest BCUT2D eigenvalue weighted by Crippen LogP contribution is -2.16. The number of fused-ring (bicyclic) bond motifs is 18. The molecular weight excluding hydrogens is 1710 g/mol. The molecule has 672 valence electrons. The van der Waals surface area contributed by atoms with Gasteiger partial charge in [0.1, 0.15) is 33.5 Å². The van der Waals surface area contributed by atoms with E-state index < -0.39 is 0 Å². The van der Waals surface area contributed by atoms with Crippen molar-refractivity contribution < 1.29 is 13.3 Å². The Balaban J connectivity index is 0.000000112. The van der Waals surface area contributed by atoms with Crippen LogP contribution in [0.2, 0.25) is 0 Å². The van der Waals surface area contributed by atoms with E-state index in [9.17, 15) is 0 Å². The Morgan fingerprint density at radius 3 is 0.794 bits per heavy atom. The standard InChI is InChI=1S/C51H37NO.C45H33NO.C39H29NO/c1-51(2)47-17-8-6-13-43(47)44-32-31-41(33-48(44)51)52(39-27-23-37(24-28-39)36-21-19-35(20-22-36)34-11-4-3-5-12-34)40-29-25-38(26-30-40)42-15-10-16-46-45-14-7-9-18-49(45)53-50(42)46;1-45(2)41-14-8-6-12-37(41)38-26-25-36(29-42(38)45)46(34-21-16-31(17-22-34)30-10-4-3-5-11-30)35-23-18-32(19-24-35)33-20-27-44-40(28-33)39-13-7-9-15-43(39)47-44;1-39(2)35-14-8-6-12-31(35)32-22-20-29(24-36(32)39)40(28-18-16-27(17-19-28)26-10-4-3-5-11-26)30-21-23-34-33-13-7-9-15-37(33)41-38(34)25-30/h3-33H,1-2H3;3-29H,1-2H3;3-25H,1-2H3. The average Bonchev–Trinajstić information content (AvgIpc) is 1.58. The third-order valence-corrected chi connectivity index (χ3v) is 29.7. The quantitative estimate of drug-likeness (QED) is 0.102. The van der Waals surface area contributed by atoms with Crippen molar-refractivity contribution in [2.45, 2.75) is 57.8 Å². The van der Waals surface area contributed by atoms with E-state index in [4.69, 9.17) is 13.3 Å². The van der Waals surface area contributed by atoms with E-state index in [1.54, 1.807) is 0 Å². The number of hydrogen-bond donors (Lipinski definition) is 0. The van der Waals surface area contributed by atoms with Crippen molar-refractivity contribution in [3.8, 4) is 100 Å². The number of furan rings is 3. The molecule has 21 aromatic carbocycles. The molecule has 3 aliphatic carbocycles. The molecule has 3 heterocycles. The van der Waals surface area contributed by atoms with E-state index >= 15 is 0 Å². The summed E-state index contributed by atoms with van der Waals surface area (Å²) < 4.78 is 18.8. The first-order valence-corrected chi connectivity index (χ1v) is 48.8. The van der Waals surface area contributed by atoms with Gasteiger partial charge in [-0.05, 0) is 267 Å². The van der Waals surface area contributed by atoms with Gasteiger partial charge in [-0.3, -0.25) is 0 Å². The van der Waals surface area contributed by atoms with Crippen molar-refractivity contribution in [1.29, 1.82) is 0 Å². The van der Waals surface area contributed by atoms with E-state index in [1.807, 2.05) is 36.4 Å². The normalized spacial score (nSPS) is 13.1. The number of benzene rings is 21. The second kappa shape index (κ2) is 34.6. The molecule has 6 heteroatoms. The summed E-state index contributed by atoms with van der Waals surface area (Å²) in [5, 5.41) is 6.85. The summed E-state index contributed by atoms with van der Waals surface area (Å²) in [6, 6.07) is 177. The predicted octanol–water partition coefficient (Wildman–Crippen LogP) is 38.1. The van der Waals surface area contributed by atoms with E-state index in [0.29, 0.717) is 0 Å². The highest BCUT2D eigenvalue weighted by Gasteiger charge is 2.39. The fourth-order valence-corrected chi connectivity index (χ4v) is 22.3. The highest BCUT2D eigenvalue weighted by atomic mass is 16.3. The molecule has 6 nitrogen and oxygen atoms in total. The SMILES string of the molecule is CC1(C)c2ccccc2-c2ccc(N(c3ccc(-c4ccc(-c5ccccc5)cc4)cc3)c3ccc(-c4cccc5c4oc4ccccc45)cc3)cc21.CC1(C)c2ccccc2-c2ccc(N(c3ccc(-c4ccccc4)cc3)c3ccc(-c4ccc5oc6ccccc6c5c4)cc3)cc21.CC1(C)c2ccccc2-c2ccc(N(c3ccc(-c4ccccc4)cc3)c3ccc4c(c3)oc3ccccc34)cc21. The van der Waals surface area contributed by atoms with Crippen LogP contribution in [0, 0.1) is 0 Å². The van der Waals surface area contributed by atoms with Crippen LogP contribution < -0.4 is 14.7 Å². The van der Waals surface area contributed by atoms with Crippen LogP contribution in [0.3, 0.4) is 0 Å². The van der Waals surface area contributed by atoms with Gasteiger partial charge in [0.2, 0.25) is 0 Å². The molecule has 0 N–H and O–H groups in total. The summed E-state index contributed by atoms with van der Waals surface area (Å²) in [5.41, 5.74) is 45.7. The van der Waals surface area contributed by atoms with Gasteiger partial charge in [0.25, 0.3) is 0 Å². The second-order valence-electron chi connectivity index (χ2n) is 39.0. The minimum absolute atomic E-state index is 0.0759. The van der Waals surface area contributed by atoms with Gasteiger partial charge in [-0.2, -0.15) is 0 Å². The molecule has 27 rings (SSSR count). The fraction of sp³-hybridized carbons (Fsp3) is 0.0667. The van der Waals surface area contributed by atoms with Crippen LogP contribution in [-0.2, 0) is 16.2 Å². The van der Waals surface area contributed by atoms with Crippen LogP contribution in [0.4, 0.5) is 51.2 Å². The monoisotopic (exact) mass is 1810 g/mol. The number of para-hydroxylation sites is 4. The predicted molar refractivity (Wildman–Crippen MR) is 591 cm³/mol. The maximum absolute atomic E-state index is 6.41. The molecule has 0 atom stereocenters. The number of anilines is 9. The Morgan fingerprint density at radius 1 is 0.142 bits per heavy atom. The molecule has 0 fully saturated rings. The molecule has 141 heavy (non-hydrogen) atoms. The van der Waals surface area contributed by atoms with Crippen molar-refractivity contribution >= 4 is 117 Å². The number of hydrogen-bond acceptors (Lipinski definition) is 6. The Bertz CT molecular complexity index is 8900. The van der Waals surface area contributed by atoms with Crippen LogP contribution in [0.15, 0.2) is 505 Å². The average molecular weight is 1810 g/mol. The minimum Gasteiger partial charge on any atom is -0.456 e. The van der Waals surface area contributed by atoms with Gasteiger partial charge >= 0.3 is 0 Å². The van der Waals surface area contributed by atoms with Crippen molar-refractivity contribution in [1.82, 2.24) is 0 Å². The topological polar surface area (TPSA) is 49.1 Å². The summed E-state index contributed by atoms with van der Waals surface area (Å²) >= 11 is 0. The number of rotatable bonds is 15. The Kier molecular flexibility index (Phi) is 20.9. The van der Waals surface area contributed by atoms with Crippen LogP contribution in [0.25, 0.3) is 166 Å². The second-order valence-corrected chi connectivity index (χ2v) is 39.0. The molecule has 0 radical (unpaired) electrons.